The standard InChI is InChI=1S/C16H28N2/c1-11-8-13(12(2)18(11)7)9-17-10-14-15(3,4)16(14,5)6/h8,14,17H,9-10H2,1-7H3. The van der Waals surface area contributed by atoms with E-state index >= 15 is 0 Å². The predicted molar refractivity (Wildman–Crippen MR) is 77.6 cm³/mol. The molecule has 1 aliphatic carbocycles. The molecule has 1 aromatic heterocycles. The van der Waals surface area contributed by atoms with Crippen LogP contribution in [0.2, 0.25) is 0 Å². The van der Waals surface area contributed by atoms with E-state index in [1.807, 2.05) is 0 Å². The average molecular weight is 248 g/mol. The van der Waals surface area contributed by atoms with Gasteiger partial charge in [0.2, 0.25) is 0 Å². The van der Waals surface area contributed by atoms with Crippen LogP contribution >= 0.6 is 0 Å². The summed E-state index contributed by atoms with van der Waals surface area (Å²) >= 11 is 0. The number of hydrogen-bond donors (Lipinski definition) is 1. The largest absolute Gasteiger partial charge is 0.352 e. The van der Waals surface area contributed by atoms with E-state index in [-0.39, 0.29) is 0 Å². The summed E-state index contributed by atoms with van der Waals surface area (Å²) < 4.78 is 2.27. The first-order valence-electron chi connectivity index (χ1n) is 7.02. The fourth-order valence-electron chi connectivity index (χ4n) is 3.31. The maximum Gasteiger partial charge on any atom is 0.0223 e. The van der Waals surface area contributed by atoms with Crippen LogP contribution in [0.25, 0.3) is 0 Å². The quantitative estimate of drug-likeness (QED) is 0.864. The van der Waals surface area contributed by atoms with E-state index < -0.39 is 0 Å². The third-order valence-corrected chi connectivity index (χ3v) is 5.86. The third kappa shape index (κ3) is 1.91. The molecule has 0 spiro atoms. The number of aromatic nitrogens is 1. The highest BCUT2D eigenvalue weighted by Gasteiger charge is 2.63. The van der Waals surface area contributed by atoms with Crippen LogP contribution in [-0.2, 0) is 13.6 Å². The topological polar surface area (TPSA) is 17.0 Å². The van der Waals surface area contributed by atoms with Crippen LogP contribution in [0, 0.1) is 30.6 Å². The molecule has 0 aliphatic heterocycles. The fraction of sp³-hybridized carbons (Fsp3) is 0.750. The highest BCUT2D eigenvalue weighted by atomic mass is 15.0. The lowest BCUT2D eigenvalue weighted by Crippen LogP contribution is -2.19. The van der Waals surface area contributed by atoms with Gasteiger partial charge in [0.05, 0.1) is 0 Å². The van der Waals surface area contributed by atoms with Crippen LogP contribution in [-0.4, -0.2) is 11.1 Å². The molecule has 1 saturated carbocycles. The molecule has 0 atom stereocenters. The average Bonchev–Trinajstić information content (AvgIpc) is 2.51. The van der Waals surface area contributed by atoms with Crippen molar-refractivity contribution in [3.63, 3.8) is 0 Å². The number of hydrogen-bond acceptors (Lipinski definition) is 1. The highest BCUT2D eigenvalue weighted by Crippen LogP contribution is 2.67. The Hall–Kier alpha value is -0.760. The van der Waals surface area contributed by atoms with Crippen LogP contribution in [0.1, 0.15) is 44.6 Å². The summed E-state index contributed by atoms with van der Waals surface area (Å²) in [4.78, 5) is 0. The lowest BCUT2D eigenvalue weighted by molar-refractivity contribution is 0.457. The molecule has 2 nitrogen and oxygen atoms in total. The molecule has 0 amide bonds. The van der Waals surface area contributed by atoms with Crippen LogP contribution < -0.4 is 5.32 Å². The normalized spacial score (nSPS) is 21.3. The Morgan fingerprint density at radius 3 is 2.11 bits per heavy atom. The van der Waals surface area contributed by atoms with E-state index in [2.05, 4.69) is 64.5 Å². The summed E-state index contributed by atoms with van der Waals surface area (Å²) in [6.45, 7) is 16.0. The molecule has 0 aromatic carbocycles. The first-order chi connectivity index (χ1) is 8.19. The maximum atomic E-state index is 3.64. The van der Waals surface area contributed by atoms with Crippen molar-refractivity contribution in [3.05, 3.63) is 23.0 Å². The molecule has 102 valence electrons. The molecule has 1 aliphatic rings. The Bertz CT molecular complexity index is 438. The minimum absolute atomic E-state index is 0.488. The van der Waals surface area contributed by atoms with Crippen molar-refractivity contribution in [2.45, 2.75) is 48.1 Å². The van der Waals surface area contributed by atoms with Crippen molar-refractivity contribution in [2.24, 2.45) is 23.8 Å². The predicted octanol–water partition coefficient (Wildman–Crippen LogP) is 3.41. The van der Waals surface area contributed by atoms with Crippen molar-refractivity contribution in [1.82, 2.24) is 9.88 Å². The lowest BCUT2D eigenvalue weighted by Gasteiger charge is -2.06. The van der Waals surface area contributed by atoms with E-state index in [0.717, 1.165) is 19.0 Å². The van der Waals surface area contributed by atoms with Gasteiger partial charge in [-0.15, -0.1) is 0 Å². The van der Waals surface area contributed by atoms with Crippen molar-refractivity contribution in [1.29, 1.82) is 0 Å². The molecule has 0 unspecified atom stereocenters. The Balaban J connectivity index is 1.89. The zero-order chi connectivity index (χ0) is 13.7. The van der Waals surface area contributed by atoms with E-state index in [4.69, 9.17) is 0 Å². The van der Waals surface area contributed by atoms with Gasteiger partial charge in [0.1, 0.15) is 0 Å². The molecular weight excluding hydrogens is 220 g/mol. The van der Waals surface area contributed by atoms with Crippen LogP contribution in [0.15, 0.2) is 6.07 Å². The molecule has 2 rings (SSSR count). The summed E-state index contributed by atoms with van der Waals surface area (Å²) in [5.74, 6) is 0.801. The molecule has 1 aromatic rings. The van der Waals surface area contributed by atoms with E-state index in [1.165, 1.54) is 17.0 Å². The number of nitrogens with zero attached hydrogens (tertiary/aromatic N) is 1. The van der Waals surface area contributed by atoms with Crippen molar-refractivity contribution in [2.75, 3.05) is 6.54 Å². The molecule has 1 heterocycles. The van der Waals surface area contributed by atoms with E-state index in [9.17, 15) is 0 Å². The Morgan fingerprint density at radius 1 is 1.17 bits per heavy atom. The van der Waals surface area contributed by atoms with Gasteiger partial charge < -0.3 is 9.88 Å². The number of nitrogens with one attached hydrogen (secondary N) is 1. The Labute approximate surface area is 112 Å². The van der Waals surface area contributed by atoms with E-state index in [1.54, 1.807) is 0 Å². The zero-order valence-corrected chi connectivity index (χ0v) is 13.0. The van der Waals surface area contributed by atoms with Crippen molar-refractivity contribution < 1.29 is 0 Å². The second kappa shape index (κ2) is 4.12. The minimum Gasteiger partial charge on any atom is -0.352 e. The summed E-state index contributed by atoms with van der Waals surface area (Å²) in [5, 5.41) is 3.64. The van der Waals surface area contributed by atoms with Gasteiger partial charge in [-0.1, -0.05) is 27.7 Å². The Morgan fingerprint density at radius 2 is 1.72 bits per heavy atom. The first-order valence-corrected chi connectivity index (χ1v) is 7.02. The van der Waals surface area contributed by atoms with Gasteiger partial charge in [-0.05, 0) is 48.8 Å². The summed E-state index contributed by atoms with van der Waals surface area (Å²) in [7, 11) is 2.14. The minimum atomic E-state index is 0.488. The van der Waals surface area contributed by atoms with Gasteiger partial charge in [0, 0.05) is 25.0 Å². The molecule has 0 saturated heterocycles. The van der Waals surface area contributed by atoms with Gasteiger partial charge in [-0.3, -0.25) is 0 Å². The summed E-state index contributed by atoms with van der Waals surface area (Å²) in [6.07, 6.45) is 0. The van der Waals surface area contributed by atoms with Gasteiger partial charge in [0.25, 0.3) is 0 Å². The zero-order valence-electron chi connectivity index (χ0n) is 13.0. The molecule has 1 N–H and O–H groups in total. The Kier molecular flexibility index (Phi) is 3.13. The SMILES string of the molecule is Cc1cc(CNCC2C(C)(C)C2(C)C)c(C)n1C. The summed E-state index contributed by atoms with van der Waals surface area (Å²) in [6, 6.07) is 2.30. The highest BCUT2D eigenvalue weighted by molar-refractivity contribution is 5.26. The first kappa shape index (κ1) is 13.7. The molecule has 2 heteroatoms. The van der Waals surface area contributed by atoms with Crippen LogP contribution in [0.4, 0.5) is 0 Å². The fourth-order valence-corrected chi connectivity index (χ4v) is 3.31. The molecule has 18 heavy (non-hydrogen) atoms. The van der Waals surface area contributed by atoms with Crippen LogP contribution in [0.5, 0.6) is 0 Å². The molecular formula is C16H28N2. The number of rotatable bonds is 4. The lowest BCUT2D eigenvalue weighted by atomic mass is 10.0. The molecule has 0 radical (unpaired) electrons. The number of aryl methyl sites for hydroxylation is 1. The molecule has 1 fully saturated rings. The van der Waals surface area contributed by atoms with Crippen LogP contribution in [0.3, 0.4) is 0 Å². The monoisotopic (exact) mass is 248 g/mol. The van der Waals surface area contributed by atoms with Crippen molar-refractivity contribution >= 4 is 0 Å². The van der Waals surface area contributed by atoms with Gasteiger partial charge in [-0.25, -0.2) is 0 Å². The molecule has 0 bridgehead atoms. The van der Waals surface area contributed by atoms with Gasteiger partial charge >= 0.3 is 0 Å². The second-order valence-electron chi connectivity index (χ2n) is 7.08. The summed E-state index contributed by atoms with van der Waals surface area (Å²) in [5.41, 5.74) is 5.14. The van der Waals surface area contributed by atoms with E-state index in [0.29, 0.717) is 10.8 Å². The maximum absolute atomic E-state index is 3.64. The smallest absolute Gasteiger partial charge is 0.0223 e. The van der Waals surface area contributed by atoms with Gasteiger partial charge in [0.15, 0.2) is 0 Å². The second-order valence-corrected chi connectivity index (χ2v) is 7.08. The third-order valence-electron chi connectivity index (χ3n) is 5.86. The van der Waals surface area contributed by atoms with Gasteiger partial charge in [-0.2, -0.15) is 0 Å². The van der Waals surface area contributed by atoms with Crippen molar-refractivity contribution in [3.8, 4) is 0 Å².